The minimum atomic E-state index is -3.75. The first-order valence-electron chi connectivity index (χ1n) is 7.92. The Morgan fingerprint density at radius 3 is 2.38 bits per heavy atom. The van der Waals surface area contributed by atoms with Crippen molar-refractivity contribution in [2.75, 3.05) is 18.0 Å². The zero-order chi connectivity index (χ0) is 19.5. The van der Waals surface area contributed by atoms with E-state index in [1.165, 1.54) is 17.9 Å². The summed E-state index contributed by atoms with van der Waals surface area (Å²) >= 11 is 0. The molecule has 2 aromatic rings. The molecule has 0 radical (unpaired) electrons. The number of benzene rings is 2. The number of anilines is 1. The van der Waals surface area contributed by atoms with Gasteiger partial charge in [-0.3, -0.25) is 4.79 Å². The quantitative estimate of drug-likeness (QED) is 0.835. The molecule has 0 saturated heterocycles. The molecule has 8 heteroatoms. The van der Waals surface area contributed by atoms with Crippen LogP contribution in [0, 0.1) is 25.5 Å². The highest BCUT2D eigenvalue weighted by atomic mass is 32.2. The molecule has 0 heterocycles. The van der Waals surface area contributed by atoms with Gasteiger partial charge in [-0.1, -0.05) is 12.1 Å². The predicted octanol–water partition coefficient (Wildman–Crippen LogP) is 2.91. The lowest BCUT2D eigenvalue weighted by atomic mass is 10.2. The summed E-state index contributed by atoms with van der Waals surface area (Å²) in [5, 5.41) is 0. The lowest BCUT2D eigenvalue weighted by molar-refractivity contribution is -0.116. The Morgan fingerprint density at radius 1 is 1.08 bits per heavy atom. The van der Waals surface area contributed by atoms with Crippen LogP contribution in [-0.4, -0.2) is 27.4 Å². The second-order valence-electron chi connectivity index (χ2n) is 5.94. The average Bonchev–Trinajstić information content (AvgIpc) is 2.56. The molecule has 0 aliphatic carbocycles. The molecule has 0 atom stereocenters. The summed E-state index contributed by atoms with van der Waals surface area (Å²) in [7, 11) is -3.75. The second kappa shape index (κ2) is 7.92. The van der Waals surface area contributed by atoms with Crippen molar-refractivity contribution in [3.05, 3.63) is 59.2 Å². The van der Waals surface area contributed by atoms with Crippen LogP contribution in [-0.2, 0) is 14.8 Å². The van der Waals surface area contributed by atoms with E-state index in [0.29, 0.717) is 5.56 Å². The third-order valence-electron chi connectivity index (χ3n) is 3.86. The van der Waals surface area contributed by atoms with Crippen LogP contribution in [0.3, 0.4) is 0 Å². The van der Waals surface area contributed by atoms with Crippen molar-refractivity contribution in [2.24, 2.45) is 0 Å². The summed E-state index contributed by atoms with van der Waals surface area (Å²) in [5.74, 6) is -2.51. The van der Waals surface area contributed by atoms with Gasteiger partial charge in [-0.05, 0) is 43.2 Å². The molecule has 26 heavy (non-hydrogen) atoms. The summed E-state index contributed by atoms with van der Waals surface area (Å²) in [6.07, 6.45) is 0. The number of nitrogens with zero attached hydrogens (tertiary/aromatic N) is 1. The molecule has 0 aromatic heterocycles. The Balaban J connectivity index is 2.13. The highest BCUT2D eigenvalue weighted by Gasteiger charge is 2.19. The molecule has 1 amide bonds. The summed E-state index contributed by atoms with van der Waals surface area (Å²) in [4.78, 5) is 13.1. The van der Waals surface area contributed by atoms with Gasteiger partial charge in [0.2, 0.25) is 15.9 Å². The number of hydrogen-bond acceptors (Lipinski definition) is 3. The number of halogens is 2. The van der Waals surface area contributed by atoms with Gasteiger partial charge in [0.15, 0.2) is 11.6 Å². The van der Waals surface area contributed by atoms with E-state index < -0.39 is 27.6 Å². The van der Waals surface area contributed by atoms with E-state index in [1.807, 2.05) is 6.07 Å². The van der Waals surface area contributed by atoms with Crippen LogP contribution in [0.5, 0.6) is 0 Å². The number of nitrogens with one attached hydrogen (secondary N) is 1. The van der Waals surface area contributed by atoms with E-state index in [4.69, 9.17) is 0 Å². The summed E-state index contributed by atoms with van der Waals surface area (Å²) < 4.78 is 53.8. The number of carbonyl (C=O) groups excluding carboxylic acids is 1. The van der Waals surface area contributed by atoms with Crippen LogP contribution in [0.25, 0.3) is 0 Å². The molecule has 0 aliphatic rings. The molecule has 0 bridgehead atoms. The van der Waals surface area contributed by atoms with Gasteiger partial charge in [-0.2, -0.15) is 0 Å². The van der Waals surface area contributed by atoms with Crippen molar-refractivity contribution in [3.63, 3.8) is 0 Å². The minimum Gasteiger partial charge on any atom is -0.311 e. The number of hydrogen-bond donors (Lipinski definition) is 1. The maximum Gasteiger partial charge on any atom is 0.240 e. The lowest BCUT2D eigenvalue weighted by Crippen LogP contribution is -2.37. The number of rotatable bonds is 6. The van der Waals surface area contributed by atoms with E-state index >= 15 is 0 Å². The van der Waals surface area contributed by atoms with Crippen LogP contribution < -0.4 is 9.62 Å². The first-order chi connectivity index (χ1) is 12.1. The second-order valence-corrected chi connectivity index (χ2v) is 7.67. The molecular weight excluding hydrogens is 362 g/mol. The van der Waals surface area contributed by atoms with Gasteiger partial charge in [-0.25, -0.2) is 21.9 Å². The van der Waals surface area contributed by atoms with E-state index in [9.17, 15) is 22.0 Å². The molecular formula is C18H20F2N2O3S. The largest absolute Gasteiger partial charge is 0.311 e. The van der Waals surface area contributed by atoms with Gasteiger partial charge < -0.3 is 4.90 Å². The molecule has 2 aromatic carbocycles. The molecule has 0 spiro atoms. The van der Waals surface area contributed by atoms with E-state index in [2.05, 4.69) is 4.72 Å². The fourth-order valence-electron chi connectivity index (χ4n) is 2.49. The zero-order valence-corrected chi connectivity index (χ0v) is 15.5. The Labute approximate surface area is 151 Å². The van der Waals surface area contributed by atoms with Crippen LogP contribution >= 0.6 is 0 Å². The summed E-state index contributed by atoms with van der Waals surface area (Å²) in [6.45, 7) is 4.65. The van der Waals surface area contributed by atoms with Crippen molar-refractivity contribution in [1.29, 1.82) is 0 Å². The molecule has 0 fully saturated rings. The highest BCUT2D eigenvalue weighted by molar-refractivity contribution is 7.89. The highest BCUT2D eigenvalue weighted by Crippen LogP contribution is 2.19. The summed E-state index contributed by atoms with van der Waals surface area (Å²) in [5.41, 5.74) is 1.57. The van der Waals surface area contributed by atoms with Gasteiger partial charge in [0.25, 0.3) is 0 Å². The van der Waals surface area contributed by atoms with Gasteiger partial charge in [-0.15, -0.1) is 0 Å². The minimum absolute atomic E-state index is 0.0233. The fraction of sp³-hybridized carbons (Fsp3) is 0.278. The predicted molar refractivity (Wildman–Crippen MR) is 95.5 cm³/mol. The first kappa shape index (κ1) is 20.0. The van der Waals surface area contributed by atoms with Crippen LogP contribution in [0.2, 0.25) is 0 Å². The average molecular weight is 382 g/mol. The Kier molecular flexibility index (Phi) is 6.09. The van der Waals surface area contributed by atoms with Crippen molar-refractivity contribution < 1.29 is 22.0 Å². The number of carbonyl (C=O) groups is 1. The van der Waals surface area contributed by atoms with Gasteiger partial charge in [0.05, 0.1) is 4.90 Å². The van der Waals surface area contributed by atoms with Crippen molar-refractivity contribution in [3.8, 4) is 0 Å². The van der Waals surface area contributed by atoms with Gasteiger partial charge in [0, 0.05) is 31.8 Å². The molecule has 0 saturated carbocycles. The molecule has 5 nitrogen and oxygen atoms in total. The molecule has 1 N–H and O–H groups in total. The molecule has 0 aliphatic heterocycles. The molecule has 0 unspecified atom stereocenters. The van der Waals surface area contributed by atoms with Crippen LogP contribution in [0.1, 0.15) is 18.1 Å². The van der Waals surface area contributed by atoms with E-state index in [1.54, 1.807) is 26.0 Å². The molecule has 140 valence electrons. The Hall–Kier alpha value is -2.32. The van der Waals surface area contributed by atoms with Crippen molar-refractivity contribution in [1.82, 2.24) is 4.72 Å². The monoisotopic (exact) mass is 382 g/mol. The van der Waals surface area contributed by atoms with E-state index in [0.717, 1.165) is 17.7 Å². The van der Waals surface area contributed by atoms with Crippen LogP contribution in [0.15, 0.2) is 41.3 Å². The summed E-state index contributed by atoms with van der Waals surface area (Å²) in [6, 6.07) is 8.17. The topological polar surface area (TPSA) is 66.5 Å². The Morgan fingerprint density at radius 2 is 1.77 bits per heavy atom. The smallest absolute Gasteiger partial charge is 0.240 e. The van der Waals surface area contributed by atoms with Gasteiger partial charge in [0.1, 0.15) is 0 Å². The van der Waals surface area contributed by atoms with Gasteiger partial charge >= 0.3 is 0 Å². The third-order valence-corrected chi connectivity index (χ3v) is 5.46. The molecule has 2 rings (SSSR count). The standard InChI is InChI=1S/C18H20F2N2O3S/c1-12-4-5-13(2)18(10-12)26(24,25)21-8-9-22(14(3)23)15-6-7-16(19)17(20)11-15/h4-7,10-11,21H,8-9H2,1-3H3. The number of aryl methyl sites for hydroxylation is 2. The lowest BCUT2D eigenvalue weighted by Gasteiger charge is -2.21. The Bertz CT molecular complexity index is 930. The fourth-order valence-corrected chi connectivity index (χ4v) is 3.84. The van der Waals surface area contributed by atoms with Crippen molar-refractivity contribution in [2.45, 2.75) is 25.7 Å². The van der Waals surface area contributed by atoms with E-state index in [-0.39, 0.29) is 23.7 Å². The normalized spacial score (nSPS) is 11.4. The zero-order valence-electron chi connectivity index (χ0n) is 14.7. The third kappa shape index (κ3) is 4.64. The number of sulfonamides is 1. The van der Waals surface area contributed by atoms with Crippen molar-refractivity contribution >= 4 is 21.6 Å². The number of amides is 1. The SMILES string of the molecule is CC(=O)N(CCNS(=O)(=O)c1cc(C)ccc1C)c1ccc(F)c(F)c1. The maximum absolute atomic E-state index is 13.4. The first-order valence-corrected chi connectivity index (χ1v) is 9.40. The van der Waals surface area contributed by atoms with Crippen LogP contribution in [0.4, 0.5) is 14.5 Å². The maximum atomic E-state index is 13.4.